The van der Waals surface area contributed by atoms with E-state index in [4.69, 9.17) is 14.2 Å². The molecular formula is C21H32N2O3. The predicted molar refractivity (Wildman–Crippen MR) is 99.8 cm³/mol. The number of fused-ring (bicyclic) bond motifs is 3. The van der Waals surface area contributed by atoms with Crippen LogP contribution in [0.3, 0.4) is 0 Å². The summed E-state index contributed by atoms with van der Waals surface area (Å²) in [6.45, 7) is 10.5. The van der Waals surface area contributed by atoms with Gasteiger partial charge in [-0.25, -0.2) is 0 Å². The third kappa shape index (κ3) is 3.20. The van der Waals surface area contributed by atoms with Crippen molar-refractivity contribution < 1.29 is 14.2 Å². The van der Waals surface area contributed by atoms with Gasteiger partial charge in [0.15, 0.2) is 12.0 Å². The summed E-state index contributed by atoms with van der Waals surface area (Å²) in [5, 5.41) is 4.17. The molecule has 0 aromatic carbocycles. The second-order valence-electron chi connectivity index (χ2n) is 8.63. The second-order valence-corrected chi connectivity index (χ2v) is 8.63. The molecule has 0 N–H and O–H groups in total. The van der Waals surface area contributed by atoms with Crippen molar-refractivity contribution in [3.05, 3.63) is 24.5 Å². The summed E-state index contributed by atoms with van der Waals surface area (Å²) in [7, 11) is 1.91. The summed E-state index contributed by atoms with van der Waals surface area (Å²) in [5.41, 5.74) is 1.69. The van der Waals surface area contributed by atoms with Crippen LogP contribution in [-0.4, -0.2) is 35.4 Å². The van der Waals surface area contributed by atoms with Gasteiger partial charge in [-0.05, 0) is 56.3 Å². The number of allylic oxidation sites excluding steroid dienone is 1. The van der Waals surface area contributed by atoms with Gasteiger partial charge >= 0.3 is 0 Å². The van der Waals surface area contributed by atoms with Gasteiger partial charge in [0.2, 0.25) is 0 Å². The van der Waals surface area contributed by atoms with E-state index < -0.39 is 0 Å². The topological polar surface area (TPSA) is 45.5 Å². The third-order valence-corrected chi connectivity index (χ3v) is 7.12. The second kappa shape index (κ2) is 7.01. The lowest BCUT2D eigenvalue weighted by Crippen LogP contribution is -2.55. The Hall–Kier alpha value is -1.33. The van der Waals surface area contributed by atoms with Crippen LogP contribution in [-0.2, 0) is 16.5 Å². The van der Waals surface area contributed by atoms with E-state index in [-0.39, 0.29) is 11.7 Å². The molecule has 26 heavy (non-hydrogen) atoms. The van der Waals surface area contributed by atoms with E-state index in [2.05, 4.69) is 18.6 Å². The predicted octanol–water partition coefficient (Wildman–Crippen LogP) is 3.95. The van der Waals surface area contributed by atoms with Crippen LogP contribution in [0.25, 0.3) is 0 Å². The first-order valence-electron chi connectivity index (χ1n) is 10.0. The minimum atomic E-state index is -0.0529. The van der Waals surface area contributed by atoms with Crippen LogP contribution in [0.4, 0.5) is 0 Å². The van der Waals surface area contributed by atoms with Crippen molar-refractivity contribution in [2.24, 2.45) is 30.2 Å². The normalized spacial score (nSPS) is 40.0. The maximum Gasteiger partial charge on any atom is 0.157 e. The van der Waals surface area contributed by atoms with Crippen LogP contribution >= 0.6 is 0 Å². The molecule has 5 heteroatoms. The van der Waals surface area contributed by atoms with Gasteiger partial charge in [0, 0.05) is 13.0 Å². The van der Waals surface area contributed by atoms with Crippen LogP contribution in [0, 0.1) is 23.2 Å². The number of ether oxygens (including phenoxy) is 3. The molecule has 3 fully saturated rings. The Bertz CT molecular complexity index is 657. The van der Waals surface area contributed by atoms with Gasteiger partial charge in [-0.1, -0.05) is 19.1 Å². The fourth-order valence-corrected chi connectivity index (χ4v) is 5.79. The molecule has 0 radical (unpaired) electrons. The summed E-state index contributed by atoms with van der Waals surface area (Å²) in [6.07, 6.45) is 9.73. The quantitative estimate of drug-likeness (QED) is 0.763. The molecule has 0 bridgehead atoms. The van der Waals surface area contributed by atoms with E-state index in [1.165, 1.54) is 18.4 Å². The average molecular weight is 360 g/mol. The standard InChI is InChI=1S/C21H32N2O3/c1-14-5-6-19-17-13-25-15(2)26-20(17)7-9-21(19,3)18(14)8-10-24-16-11-22-23(4)12-16/h11-12,15,17-20H,1,5-10,13H2,2-4H3/t15-,17?,18-,19?,20-,21+/m1/s1. The highest BCUT2D eigenvalue weighted by Gasteiger charge is 2.54. The Morgan fingerprint density at radius 2 is 2.27 bits per heavy atom. The summed E-state index contributed by atoms with van der Waals surface area (Å²) < 4.78 is 19.7. The largest absolute Gasteiger partial charge is 0.490 e. The first kappa shape index (κ1) is 18.1. The van der Waals surface area contributed by atoms with E-state index in [0.717, 1.165) is 38.2 Å². The lowest BCUT2D eigenvalue weighted by molar-refractivity contribution is -0.262. The number of rotatable bonds is 4. The third-order valence-electron chi connectivity index (χ3n) is 7.12. The van der Waals surface area contributed by atoms with Crippen molar-refractivity contribution in [1.29, 1.82) is 0 Å². The van der Waals surface area contributed by atoms with Crippen LogP contribution in [0.1, 0.15) is 46.0 Å². The SMILES string of the molecule is C=C1CCC2C3CO[C@@H](C)O[C@@H]3CC[C@@]2(C)[C@@H]1CCOc1cnn(C)c1. The van der Waals surface area contributed by atoms with E-state index in [9.17, 15) is 0 Å². The highest BCUT2D eigenvalue weighted by molar-refractivity contribution is 5.16. The summed E-state index contributed by atoms with van der Waals surface area (Å²) in [5.74, 6) is 2.54. The Morgan fingerprint density at radius 3 is 3.04 bits per heavy atom. The Kier molecular flexibility index (Phi) is 4.86. The summed E-state index contributed by atoms with van der Waals surface area (Å²) >= 11 is 0. The van der Waals surface area contributed by atoms with Crippen molar-refractivity contribution in [2.45, 2.75) is 58.3 Å². The molecule has 1 aromatic heterocycles. The number of hydrogen-bond donors (Lipinski definition) is 0. The number of hydrogen-bond acceptors (Lipinski definition) is 4. The molecule has 2 heterocycles. The fraction of sp³-hybridized carbons (Fsp3) is 0.762. The minimum Gasteiger partial charge on any atom is -0.490 e. The molecule has 0 spiro atoms. The zero-order chi connectivity index (χ0) is 18.3. The van der Waals surface area contributed by atoms with Gasteiger partial charge in [-0.15, -0.1) is 0 Å². The summed E-state index contributed by atoms with van der Waals surface area (Å²) in [6, 6.07) is 0. The number of aromatic nitrogens is 2. The maximum atomic E-state index is 6.11. The molecule has 5 nitrogen and oxygen atoms in total. The number of nitrogens with zero attached hydrogens (tertiary/aromatic N) is 2. The molecule has 6 atom stereocenters. The smallest absolute Gasteiger partial charge is 0.157 e. The minimum absolute atomic E-state index is 0.0529. The van der Waals surface area contributed by atoms with E-state index in [1.807, 2.05) is 20.2 Å². The molecule has 2 saturated carbocycles. The summed E-state index contributed by atoms with van der Waals surface area (Å²) in [4.78, 5) is 0. The van der Waals surface area contributed by atoms with Crippen molar-refractivity contribution in [1.82, 2.24) is 9.78 Å². The molecule has 4 rings (SSSR count). The molecule has 1 aromatic rings. The van der Waals surface area contributed by atoms with Crippen LogP contribution in [0.5, 0.6) is 5.75 Å². The van der Waals surface area contributed by atoms with E-state index >= 15 is 0 Å². The molecule has 3 aliphatic rings. The van der Waals surface area contributed by atoms with Crippen molar-refractivity contribution in [3.63, 3.8) is 0 Å². The zero-order valence-corrected chi connectivity index (χ0v) is 16.3. The first-order chi connectivity index (χ1) is 12.5. The van der Waals surface area contributed by atoms with Crippen LogP contribution in [0.2, 0.25) is 0 Å². The van der Waals surface area contributed by atoms with Gasteiger partial charge in [0.05, 0.1) is 31.7 Å². The van der Waals surface area contributed by atoms with E-state index in [1.54, 1.807) is 10.9 Å². The lowest BCUT2D eigenvalue weighted by atomic mass is 9.50. The molecular weight excluding hydrogens is 328 g/mol. The highest BCUT2D eigenvalue weighted by atomic mass is 16.7. The van der Waals surface area contributed by atoms with Crippen molar-refractivity contribution in [2.75, 3.05) is 13.2 Å². The molecule has 2 unspecified atom stereocenters. The highest BCUT2D eigenvalue weighted by Crippen LogP contribution is 2.58. The lowest BCUT2D eigenvalue weighted by Gasteiger charge is -2.57. The van der Waals surface area contributed by atoms with Crippen LogP contribution in [0.15, 0.2) is 24.5 Å². The number of aryl methyl sites for hydroxylation is 1. The molecule has 1 aliphatic heterocycles. The average Bonchev–Trinajstić information content (AvgIpc) is 3.02. The van der Waals surface area contributed by atoms with Crippen LogP contribution < -0.4 is 4.74 Å². The maximum absolute atomic E-state index is 6.11. The first-order valence-corrected chi connectivity index (χ1v) is 10.0. The van der Waals surface area contributed by atoms with Crippen molar-refractivity contribution in [3.8, 4) is 5.75 Å². The molecule has 2 aliphatic carbocycles. The Balaban J connectivity index is 1.45. The van der Waals surface area contributed by atoms with E-state index in [0.29, 0.717) is 23.9 Å². The van der Waals surface area contributed by atoms with Gasteiger partial charge in [0.25, 0.3) is 0 Å². The van der Waals surface area contributed by atoms with Crippen molar-refractivity contribution >= 4 is 0 Å². The van der Waals surface area contributed by atoms with Gasteiger partial charge in [-0.3, -0.25) is 4.68 Å². The Labute approximate surface area is 156 Å². The Morgan fingerprint density at radius 1 is 1.42 bits per heavy atom. The molecule has 0 amide bonds. The molecule has 144 valence electrons. The monoisotopic (exact) mass is 360 g/mol. The zero-order valence-electron chi connectivity index (χ0n) is 16.3. The fourth-order valence-electron chi connectivity index (χ4n) is 5.79. The van der Waals surface area contributed by atoms with Gasteiger partial charge in [-0.2, -0.15) is 5.10 Å². The van der Waals surface area contributed by atoms with Gasteiger partial charge in [0.1, 0.15) is 0 Å². The molecule has 1 saturated heterocycles. The van der Waals surface area contributed by atoms with Gasteiger partial charge < -0.3 is 14.2 Å².